The molecule has 0 aliphatic heterocycles. The number of aliphatic carboxylic acids is 1. The minimum absolute atomic E-state index is 0.0204. The summed E-state index contributed by atoms with van der Waals surface area (Å²) < 4.78 is 4.74. The van der Waals surface area contributed by atoms with Gasteiger partial charge in [-0.2, -0.15) is 0 Å². The number of carbonyl (C=O) groups excluding carboxylic acids is 1. The van der Waals surface area contributed by atoms with E-state index < -0.39 is 12.0 Å². The summed E-state index contributed by atoms with van der Waals surface area (Å²) in [5, 5.41) is 11.3. The molecule has 0 saturated heterocycles. The van der Waals surface area contributed by atoms with Crippen molar-refractivity contribution in [3.8, 4) is 0 Å². The molecule has 0 spiro atoms. The first-order valence-corrected chi connectivity index (χ1v) is 5.27. The Morgan fingerprint density at radius 3 is 2.62 bits per heavy atom. The third-order valence-corrected chi connectivity index (χ3v) is 2.70. The van der Waals surface area contributed by atoms with Gasteiger partial charge in [-0.15, -0.1) is 0 Å². The van der Waals surface area contributed by atoms with E-state index in [1.807, 2.05) is 6.92 Å². The fourth-order valence-corrected chi connectivity index (χ4v) is 1.79. The molecule has 0 aromatic carbocycles. The Labute approximate surface area is 94.5 Å². The largest absolute Gasteiger partial charge is 0.480 e. The highest BCUT2D eigenvalue weighted by Crippen LogP contribution is 2.25. The summed E-state index contributed by atoms with van der Waals surface area (Å²) in [5.74, 6) is -1.36. The lowest BCUT2D eigenvalue weighted by Gasteiger charge is -2.14. The van der Waals surface area contributed by atoms with Gasteiger partial charge in [0.05, 0.1) is 6.61 Å². The summed E-state index contributed by atoms with van der Waals surface area (Å²) >= 11 is 0. The van der Waals surface area contributed by atoms with Crippen LogP contribution in [0, 0.1) is 0 Å². The second-order valence-corrected chi connectivity index (χ2v) is 3.93. The Hall–Kier alpha value is -1.36. The third-order valence-electron chi connectivity index (χ3n) is 2.70. The number of hydrogen-bond donors (Lipinski definition) is 2. The van der Waals surface area contributed by atoms with Crippen molar-refractivity contribution in [3.63, 3.8) is 0 Å². The van der Waals surface area contributed by atoms with Gasteiger partial charge in [-0.05, 0) is 26.2 Å². The molecule has 90 valence electrons. The van der Waals surface area contributed by atoms with E-state index in [0.29, 0.717) is 0 Å². The Morgan fingerprint density at radius 2 is 2.19 bits per heavy atom. The number of ether oxygens (including phenoxy) is 1. The molecule has 5 heteroatoms. The van der Waals surface area contributed by atoms with E-state index in [1.54, 1.807) is 0 Å². The lowest BCUT2D eigenvalue weighted by atomic mass is 10.1. The van der Waals surface area contributed by atoms with Gasteiger partial charge in [0.1, 0.15) is 0 Å². The van der Waals surface area contributed by atoms with Crippen molar-refractivity contribution < 1.29 is 19.4 Å². The molecule has 1 aliphatic rings. The lowest BCUT2D eigenvalue weighted by Crippen LogP contribution is -2.44. The molecule has 2 N–H and O–H groups in total. The summed E-state index contributed by atoms with van der Waals surface area (Å²) in [5.41, 5.74) is 1.78. The first-order valence-electron chi connectivity index (χ1n) is 5.27. The maximum atomic E-state index is 11.8. The van der Waals surface area contributed by atoms with Crippen molar-refractivity contribution in [3.05, 3.63) is 11.1 Å². The van der Waals surface area contributed by atoms with Gasteiger partial charge >= 0.3 is 5.97 Å². The zero-order chi connectivity index (χ0) is 12.1. The predicted octanol–water partition coefficient (Wildman–Crippen LogP) is 0.703. The van der Waals surface area contributed by atoms with Crippen LogP contribution in [0.4, 0.5) is 0 Å². The quantitative estimate of drug-likeness (QED) is 0.725. The predicted molar refractivity (Wildman–Crippen MR) is 58.0 cm³/mol. The number of carbonyl (C=O) groups is 2. The lowest BCUT2D eigenvalue weighted by molar-refractivity contribution is -0.142. The SMILES string of the molecule is COCC(NC(=O)C1=C(C)CCC1)C(=O)O. The third kappa shape index (κ3) is 3.06. The Kier molecular flexibility index (Phi) is 4.49. The Bertz CT molecular complexity index is 322. The second-order valence-electron chi connectivity index (χ2n) is 3.93. The molecule has 0 radical (unpaired) electrons. The van der Waals surface area contributed by atoms with E-state index in [-0.39, 0.29) is 12.5 Å². The fraction of sp³-hybridized carbons (Fsp3) is 0.636. The van der Waals surface area contributed by atoms with Crippen LogP contribution in [0.5, 0.6) is 0 Å². The zero-order valence-electron chi connectivity index (χ0n) is 9.58. The van der Waals surface area contributed by atoms with Crippen molar-refractivity contribution >= 4 is 11.9 Å². The van der Waals surface area contributed by atoms with E-state index in [1.165, 1.54) is 7.11 Å². The molecule has 0 fully saturated rings. The standard InChI is InChI=1S/C11H17NO4/c1-7-4-3-5-8(7)10(13)12-9(6-16-2)11(14)15/h9H,3-6H2,1-2H3,(H,12,13)(H,14,15). The van der Waals surface area contributed by atoms with Gasteiger partial charge in [0.2, 0.25) is 5.91 Å². The van der Waals surface area contributed by atoms with Gasteiger partial charge in [0.15, 0.2) is 6.04 Å². The van der Waals surface area contributed by atoms with Crippen molar-refractivity contribution in [2.45, 2.75) is 32.2 Å². The Balaban J connectivity index is 2.61. The summed E-state index contributed by atoms with van der Waals surface area (Å²) in [6.07, 6.45) is 2.62. The van der Waals surface area contributed by atoms with Crippen molar-refractivity contribution in [1.29, 1.82) is 0 Å². The first-order chi connectivity index (χ1) is 7.56. The minimum atomic E-state index is -1.08. The molecule has 0 aromatic heterocycles. The minimum Gasteiger partial charge on any atom is -0.480 e. The summed E-state index contributed by atoms with van der Waals surface area (Å²) in [6, 6.07) is -0.974. The average molecular weight is 227 g/mol. The van der Waals surface area contributed by atoms with Crippen LogP contribution in [0.1, 0.15) is 26.2 Å². The van der Waals surface area contributed by atoms with E-state index >= 15 is 0 Å². The molecular formula is C11H17NO4. The molecule has 0 heterocycles. The fourth-order valence-electron chi connectivity index (χ4n) is 1.79. The van der Waals surface area contributed by atoms with Crippen molar-refractivity contribution in [1.82, 2.24) is 5.32 Å². The van der Waals surface area contributed by atoms with Crippen molar-refractivity contribution in [2.75, 3.05) is 13.7 Å². The molecular weight excluding hydrogens is 210 g/mol. The molecule has 1 atom stereocenters. The van der Waals surface area contributed by atoms with Gasteiger partial charge in [-0.1, -0.05) is 5.57 Å². The van der Waals surface area contributed by atoms with E-state index in [4.69, 9.17) is 9.84 Å². The summed E-state index contributed by atoms with van der Waals surface area (Å²) in [4.78, 5) is 22.6. The molecule has 0 aromatic rings. The number of carboxylic acids is 1. The van der Waals surface area contributed by atoms with Crippen LogP contribution in [0.25, 0.3) is 0 Å². The molecule has 1 aliphatic carbocycles. The maximum absolute atomic E-state index is 11.8. The normalized spacial score (nSPS) is 17.4. The number of allylic oxidation sites excluding steroid dienone is 1. The highest BCUT2D eigenvalue weighted by Gasteiger charge is 2.24. The van der Waals surface area contributed by atoms with Gasteiger partial charge in [-0.25, -0.2) is 4.79 Å². The van der Waals surface area contributed by atoms with Crippen LogP contribution < -0.4 is 5.32 Å². The topological polar surface area (TPSA) is 75.6 Å². The number of nitrogens with one attached hydrogen (secondary N) is 1. The number of methoxy groups -OCH3 is 1. The maximum Gasteiger partial charge on any atom is 0.328 e. The van der Waals surface area contributed by atoms with Gasteiger partial charge < -0.3 is 15.2 Å². The van der Waals surface area contributed by atoms with Gasteiger partial charge in [0.25, 0.3) is 0 Å². The molecule has 1 amide bonds. The summed E-state index contributed by atoms with van der Waals surface area (Å²) in [7, 11) is 1.40. The van der Waals surface area contributed by atoms with E-state index in [2.05, 4.69) is 5.32 Å². The smallest absolute Gasteiger partial charge is 0.328 e. The number of hydrogen-bond acceptors (Lipinski definition) is 3. The van der Waals surface area contributed by atoms with Crippen LogP contribution >= 0.6 is 0 Å². The van der Waals surface area contributed by atoms with Crippen LogP contribution in [0.2, 0.25) is 0 Å². The summed E-state index contributed by atoms with van der Waals surface area (Å²) in [6.45, 7) is 1.89. The Morgan fingerprint density at radius 1 is 1.50 bits per heavy atom. The number of rotatable bonds is 5. The highest BCUT2D eigenvalue weighted by atomic mass is 16.5. The number of carboxylic acid groups (broad SMARTS) is 1. The first kappa shape index (κ1) is 12.7. The van der Waals surface area contributed by atoms with Gasteiger partial charge in [0, 0.05) is 12.7 Å². The molecule has 1 unspecified atom stereocenters. The molecule has 1 rings (SSSR count). The van der Waals surface area contributed by atoms with Gasteiger partial charge in [-0.3, -0.25) is 4.79 Å². The second kappa shape index (κ2) is 5.65. The molecule has 16 heavy (non-hydrogen) atoms. The van der Waals surface area contributed by atoms with E-state index in [0.717, 1.165) is 30.4 Å². The van der Waals surface area contributed by atoms with E-state index in [9.17, 15) is 9.59 Å². The average Bonchev–Trinajstić information content (AvgIpc) is 2.63. The molecule has 0 bridgehead atoms. The molecule has 0 saturated carbocycles. The molecule has 5 nitrogen and oxygen atoms in total. The monoisotopic (exact) mass is 227 g/mol. The van der Waals surface area contributed by atoms with Crippen molar-refractivity contribution in [2.24, 2.45) is 0 Å². The zero-order valence-corrected chi connectivity index (χ0v) is 9.58. The number of amides is 1. The highest BCUT2D eigenvalue weighted by molar-refractivity contribution is 5.96. The van der Waals surface area contributed by atoms with Crippen LogP contribution in [-0.4, -0.2) is 36.7 Å². The van der Waals surface area contributed by atoms with Crippen LogP contribution in [-0.2, 0) is 14.3 Å². The van der Waals surface area contributed by atoms with Crippen LogP contribution in [0.15, 0.2) is 11.1 Å². The van der Waals surface area contributed by atoms with Crippen LogP contribution in [0.3, 0.4) is 0 Å².